The van der Waals surface area contributed by atoms with Gasteiger partial charge in [0, 0.05) is 39.3 Å². The normalized spacial score (nSPS) is 15.1. The molecule has 1 fully saturated rings. The minimum absolute atomic E-state index is 0.0399. The fourth-order valence-corrected chi connectivity index (χ4v) is 3.33. The van der Waals surface area contributed by atoms with Gasteiger partial charge in [-0.2, -0.15) is 0 Å². The van der Waals surface area contributed by atoms with E-state index in [0.717, 1.165) is 37.3 Å². The molecule has 0 unspecified atom stereocenters. The third-order valence-corrected chi connectivity index (χ3v) is 5.14. The topological polar surface area (TPSA) is 64.7 Å². The number of carbonyl (C=O) groups excluding carboxylic acids is 2. The van der Waals surface area contributed by atoms with E-state index >= 15 is 0 Å². The maximum atomic E-state index is 12.2. The molecule has 6 nitrogen and oxygen atoms in total. The van der Waals surface area contributed by atoms with Crippen molar-refractivity contribution in [2.24, 2.45) is 0 Å². The van der Waals surface area contributed by atoms with E-state index in [9.17, 15) is 9.59 Å². The number of nitrogens with zero attached hydrogens (tertiary/aromatic N) is 2. The monoisotopic (exact) mass is 394 g/mol. The minimum atomic E-state index is 0.0399. The number of benzene rings is 2. The van der Waals surface area contributed by atoms with Gasteiger partial charge in [-0.25, -0.2) is 0 Å². The van der Waals surface area contributed by atoms with E-state index in [4.69, 9.17) is 0 Å². The second-order valence-electron chi connectivity index (χ2n) is 7.58. The smallest absolute Gasteiger partial charge is 0.234 e. The highest BCUT2D eigenvalue weighted by Gasteiger charge is 2.20. The lowest BCUT2D eigenvalue weighted by Crippen LogP contribution is -2.51. The Morgan fingerprint density at radius 2 is 1.17 bits per heavy atom. The van der Waals surface area contributed by atoms with Crippen molar-refractivity contribution in [2.45, 2.75) is 20.0 Å². The Morgan fingerprint density at radius 1 is 0.724 bits per heavy atom. The maximum Gasteiger partial charge on any atom is 0.234 e. The number of carbonyl (C=O) groups is 2. The first-order valence-electron chi connectivity index (χ1n) is 10.2. The standard InChI is InChI=1S/C23H30N4O2/c1-19-7-9-21(10-8-19)16-25-23(29)18-27-13-11-26(12-14-27)17-22(28)24-15-20-5-3-2-4-6-20/h2-10H,11-18H2,1H3,(H,24,28)(H,25,29). The highest BCUT2D eigenvalue weighted by Crippen LogP contribution is 2.04. The van der Waals surface area contributed by atoms with Crippen molar-refractivity contribution in [3.8, 4) is 0 Å². The number of hydrogen-bond donors (Lipinski definition) is 2. The van der Waals surface area contributed by atoms with Crippen molar-refractivity contribution >= 4 is 11.8 Å². The van der Waals surface area contributed by atoms with Crippen LogP contribution in [-0.2, 0) is 22.7 Å². The third kappa shape index (κ3) is 7.33. The Kier molecular flexibility index (Phi) is 7.78. The SMILES string of the molecule is Cc1ccc(CNC(=O)CN2CCN(CC(=O)NCc3ccccc3)CC2)cc1. The summed E-state index contributed by atoms with van der Waals surface area (Å²) in [6, 6.07) is 18.1. The maximum absolute atomic E-state index is 12.2. The summed E-state index contributed by atoms with van der Waals surface area (Å²) >= 11 is 0. The predicted molar refractivity (Wildman–Crippen MR) is 114 cm³/mol. The lowest BCUT2D eigenvalue weighted by Gasteiger charge is -2.33. The highest BCUT2D eigenvalue weighted by atomic mass is 16.2. The number of nitrogens with one attached hydrogen (secondary N) is 2. The Labute approximate surface area is 172 Å². The van der Waals surface area contributed by atoms with Crippen LogP contribution in [-0.4, -0.2) is 60.9 Å². The molecule has 2 N–H and O–H groups in total. The van der Waals surface area contributed by atoms with Crippen molar-refractivity contribution in [3.05, 3.63) is 71.3 Å². The van der Waals surface area contributed by atoms with Crippen LogP contribution in [0, 0.1) is 6.92 Å². The van der Waals surface area contributed by atoms with Gasteiger partial charge in [0.15, 0.2) is 0 Å². The van der Waals surface area contributed by atoms with Crippen LogP contribution in [0.5, 0.6) is 0 Å². The predicted octanol–water partition coefficient (Wildman–Crippen LogP) is 1.55. The van der Waals surface area contributed by atoms with Gasteiger partial charge in [-0.05, 0) is 18.1 Å². The molecule has 29 heavy (non-hydrogen) atoms. The molecule has 1 aliphatic heterocycles. The lowest BCUT2D eigenvalue weighted by atomic mass is 10.1. The van der Waals surface area contributed by atoms with Gasteiger partial charge in [0.05, 0.1) is 13.1 Å². The molecule has 0 atom stereocenters. The summed E-state index contributed by atoms with van der Waals surface area (Å²) in [5.74, 6) is 0.0813. The summed E-state index contributed by atoms with van der Waals surface area (Å²) in [5.41, 5.74) is 3.42. The Balaban J connectivity index is 1.30. The van der Waals surface area contributed by atoms with Crippen molar-refractivity contribution in [1.29, 1.82) is 0 Å². The van der Waals surface area contributed by atoms with Crippen LogP contribution in [0.3, 0.4) is 0 Å². The molecular weight excluding hydrogens is 364 g/mol. The Hall–Kier alpha value is -2.70. The molecule has 0 spiro atoms. The molecule has 2 aromatic rings. The quantitative estimate of drug-likeness (QED) is 0.713. The van der Waals surface area contributed by atoms with Gasteiger partial charge >= 0.3 is 0 Å². The number of hydrogen-bond acceptors (Lipinski definition) is 4. The van der Waals surface area contributed by atoms with Gasteiger partial charge in [-0.1, -0.05) is 60.2 Å². The van der Waals surface area contributed by atoms with Crippen LogP contribution < -0.4 is 10.6 Å². The zero-order chi connectivity index (χ0) is 20.5. The number of aryl methyl sites for hydroxylation is 1. The van der Waals surface area contributed by atoms with Crippen LogP contribution >= 0.6 is 0 Å². The molecule has 6 heteroatoms. The number of piperazine rings is 1. The van der Waals surface area contributed by atoms with Gasteiger partial charge < -0.3 is 10.6 Å². The van der Waals surface area contributed by atoms with E-state index < -0.39 is 0 Å². The molecule has 0 aliphatic carbocycles. The van der Waals surface area contributed by atoms with Crippen LogP contribution in [0.1, 0.15) is 16.7 Å². The van der Waals surface area contributed by atoms with Gasteiger partial charge in [0.2, 0.25) is 11.8 Å². The van der Waals surface area contributed by atoms with E-state index in [2.05, 4.69) is 39.5 Å². The summed E-state index contributed by atoms with van der Waals surface area (Å²) in [6.45, 7) is 7.15. The largest absolute Gasteiger partial charge is 0.351 e. The molecule has 0 radical (unpaired) electrons. The summed E-state index contributed by atoms with van der Waals surface area (Å²) in [4.78, 5) is 28.6. The molecular formula is C23H30N4O2. The van der Waals surface area contributed by atoms with E-state index in [1.807, 2.05) is 42.5 Å². The average molecular weight is 395 g/mol. The molecule has 1 heterocycles. The Morgan fingerprint density at radius 3 is 1.66 bits per heavy atom. The molecule has 0 saturated carbocycles. The number of rotatable bonds is 8. The van der Waals surface area contributed by atoms with Gasteiger partial charge in [-0.15, -0.1) is 0 Å². The highest BCUT2D eigenvalue weighted by molar-refractivity contribution is 5.78. The molecule has 1 aliphatic rings. The van der Waals surface area contributed by atoms with Crippen LogP contribution in [0.2, 0.25) is 0 Å². The molecule has 2 aromatic carbocycles. The van der Waals surface area contributed by atoms with Gasteiger partial charge in [0.25, 0.3) is 0 Å². The van der Waals surface area contributed by atoms with Gasteiger partial charge in [0.1, 0.15) is 0 Å². The second-order valence-corrected chi connectivity index (χ2v) is 7.58. The summed E-state index contributed by atoms with van der Waals surface area (Å²) in [6.07, 6.45) is 0. The van der Waals surface area contributed by atoms with E-state index in [-0.39, 0.29) is 11.8 Å². The van der Waals surface area contributed by atoms with Crippen LogP contribution in [0.15, 0.2) is 54.6 Å². The number of amides is 2. The van der Waals surface area contributed by atoms with E-state index in [1.165, 1.54) is 5.56 Å². The van der Waals surface area contributed by atoms with Crippen molar-refractivity contribution < 1.29 is 9.59 Å². The van der Waals surface area contributed by atoms with E-state index in [0.29, 0.717) is 26.2 Å². The fraction of sp³-hybridized carbons (Fsp3) is 0.391. The third-order valence-electron chi connectivity index (χ3n) is 5.14. The summed E-state index contributed by atoms with van der Waals surface area (Å²) < 4.78 is 0. The Bertz CT molecular complexity index is 784. The van der Waals surface area contributed by atoms with E-state index in [1.54, 1.807) is 0 Å². The zero-order valence-corrected chi connectivity index (χ0v) is 17.1. The fourth-order valence-electron chi connectivity index (χ4n) is 3.33. The van der Waals surface area contributed by atoms with Crippen molar-refractivity contribution in [1.82, 2.24) is 20.4 Å². The van der Waals surface area contributed by atoms with Crippen LogP contribution in [0.4, 0.5) is 0 Å². The molecule has 1 saturated heterocycles. The molecule has 3 rings (SSSR count). The second kappa shape index (κ2) is 10.7. The van der Waals surface area contributed by atoms with Gasteiger partial charge in [-0.3, -0.25) is 19.4 Å². The first-order valence-corrected chi connectivity index (χ1v) is 10.2. The zero-order valence-electron chi connectivity index (χ0n) is 17.1. The lowest BCUT2D eigenvalue weighted by molar-refractivity contribution is -0.125. The summed E-state index contributed by atoms with van der Waals surface area (Å²) in [5, 5.41) is 5.95. The molecule has 0 bridgehead atoms. The summed E-state index contributed by atoms with van der Waals surface area (Å²) in [7, 11) is 0. The molecule has 154 valence electrons. The van der Waals surface area contributed by atoms with Crippen LogP contribution in [0.25, 0.3) is 0 Å². The molecule has 2 amide bonds. The first kappa shape index (κ1) is 21.0. The minimum Gasteiger partial charge on any atom is -0.351 e. The van der Waals surface area contributed by atoms with Crippen molar-refractivity contribution in [3.63, 3.8) is 0 Å². The van der Waals surface area contributed by atoms with Crippen molar-refractivity contribution in [2.75, 3.05) is 39.3 Å². The average Bonchev–Trinajstić information content (AvgIpc) is 2.74. The molecule has 0 aromatic heterocycles. The first-order chi connectivity index (χ1) is 14.1.